The minimum Gasteiger partial charge on any atom is -0.292 e. The van der Waals surface area contributed by atoms with Crippen LogP contribution in [0.4, 0.5) is 0 Å². The molecule has 0 heterocycles. The molecule has 1 heteroatoms. The standard InChI is InChI=1S/C21H29N/c1-3-5-17-22(18-6-4-2)21(19-13-9-7-10-14-19)20-15-11-8-12-16-20/h7-16,21H,3-6,17-18H2,1-2H3. The zero-order valence-electron chi connectivity index (χ0n) is 14.0. The van der Waals surface area contributed by atoms with Gasteiger partial charge in [0.2, 0.25) is 0 Å². The van der Waals surface area contributed by atoms with Gasteiger partial charge in [-0.25, -0.2) is 0 Å². The van der Waals surface area contributed by atoms with Gasteiger partial charge < -0.3 is 0 Å². The quantitative estimate of drug-likeness (QED) is 0.575. The lowest BCUT2D eigenvalue weighted by atomic mass is 9.96. The molecular weight excluding hydrogens is 266 g/mol. The van der Waals surface area contributed by atoms with E-state index >= 15 is 0 Å². The van der Waals surface area contributed by atoms with Gasteiger partial charge in [0.1, 0.15) is 0 Å². The van der Waals surface area contributed by atoms with Gasteiger partial charge in [0, 0.05) is 0 Å². The average molecular weight is 295 g/mol. The molecule has 0 aliphatic carbocycles. The molecule has 118 valence electrons. The summed E-state index contributed by atoms with van der Waals surface area (Å²) in [4.78, 5) is 2.66. The van der Waals surface area contributed by atoms with Gasteiger partial charge in [0.05, 0.1) is 6.04 Å². The Kier molecular flexibility index (Phi) is 7.18. The second kappa shape index (κ2) is 9.42. The molecule has 1 nitrogen and oxygen atoms in total. The van der Waals surface area contributed by atoms with Crippen LogP contribution >= 0.6 is 0 Å². The topological polar surface area (TPSA) is 3.24 Å². The highest BCUT2D eigenvalue weighted by molar-refractivity contribution is 5.31. The molecule has 0 amide bonds. The molecule has 0 saturated heterocycles. The number of nitrogens with zero attached hydrogens (tertiary/aromatic N) is 1. The molecule has 0 aromatic heterocycles. The Hall–Kier alpha value is -1.60. The molecule has 2 aromatic carbocycles. The molecule has 0 aliphatic heterocycles. The van der Waals surface area contributed by atoms with Crippen LogP contribution in [0.2, 0.25) is 0 Å². The van der Waals surface area contributed by atoms with E-state index in [2.05, 4.69) is 79.4 Å². The van der Waals surface area contributed by atoms with Crippen molar-refractivity contribution in [2.45, 2.75) is 45.6 Å². The molecule has 0 saturated carbocycles. The van der Waals surface area contributed by atoms with Gasteiger partial charge >= 0.3 is 0 Å². The Morgan fingerprint density at radius 2 is 1.09 bits per heavy atom. The third-order valence-electron chi connectivity index (χ3n) is 4.19. The number of hydrogen-bond donors (Lipinski definition) is 0. The van der Waals surface area contributed by atoms with E-state index < -0.39 is 0 Å². The van der Waals surface area contributed by atoms with Crippen molar-refractivity contribution < 1.29 is 0 Å². The van der Waals surface area contributed by atoms with Crippen LogP contribution < -0.4 is 0 Å². The monoisotopic (exact) mass is 295 g/mol. The number of unbranched alkanes of at least 4 members (excludes halogenated alkanes) is 2. The van der Waals surface area contributed by atoms with Gasteiger partial charge in [-0.15, -0.1) is 0 Å². The molecule has 0 atom stereocenters. The molecule has 2 aromatic rings. The van der Waals surface area contributed by atoms with E-state index in [0.717, 1.165) is 0 Å². The highest BCUT2D eigenvalue weighted by atomic mass is 15.1. The first-order valence-corrected chi connectivity index (χ1v) is 8.70. The van der Waals surface area contributed by atoms with E-state index in [4.69, 9.17) is 0 Å². The summed E-state index contributed by atoms with van der Waals surface area (Å²) in [5.41, 5.74) is 2.81. The summed E-state index contributed by atoms with van der Waals surface area (Å²) in [5, 5.41) is 0. The van der Waals surface area contributed by atoms with Crippen LogP contribution in [0.25, 0.3) is 0 Å². The van der Waals surface area contributed by atoms with Crippen LogP contribution in [0, 0.1) is 0 Å². The normalized spacial score (nSPS) is 11.3. The van der Waals surface area contributed by atoms with E-state index in [1.807, 2.05) is 0 Å². The van der Waals surface area contributed by atoms with Crippen molar-refractivity contribution in [3.8, 4) is 0 Å². The maximum Gasteiger partial charge on any atom is 0.0601 e. The summed E-state index contributed by atoms with van der Waals surface area (Å²) < 4.78 is 0. The third kappa shape index (κ3) is 4.71. The molecule has 0 spiro atoms. The van der Waals surface area contributed by atoms with E-state index in [1.54, 1.807) is 0 Å². The minimum atomic E-state index is 0.375. The van der Waals surface area contributed by atoms with E-state index in [-0.39, 0.29) is 0 Å². The first kappa shape index (κ1) is 16.8. The van der Waals surface area contributed by atoms with Crippen LogP contribution in [-0.2, 0) is 0 Å². The van der Waals surface area contributed by atoms with Crippen molar-refractivity contribution >= 4 is 0 Å². The maximum absolute atomic E-state index is 2.66. The lowest BCUT2D eigenvalue weighted by molar-refractivity contribution is 0.218. The summed E-state index contributed by atoms with van der Waals surface area (Å²) in [6.07, 6.45) is 5.03. The largest absolute Gasteiger partial charge is 0.292 e. The zero-order chi connectivity index (χ0) is 15.6. The SMILES string of the molecule is CCCCN(CCCC)C(c1ccccc1)c1ccccc1. The van der Waals surface area contributed by atoms with Crippen molar-refractivity contribution in [1.29, 1.82) is 0 Å². The molecule has 0 aliphatic rings. The van der Waals surface area contributed by atoms with Crippen LogP contribution in [0.3, 0.4) is 0 Å². The fourth-order valence-corrected chi connectivity index (χ4v) is 2.98. The Balaban J connectivity index is 2.32. The van der Waals surface area contributed by atoms with E-state index in [1.165, 1.54) is 49.9 Å². The molecule has 0 N–H and O–H groups in total. The fraction of sp³-hybridized carbons (Fsp3) is 0.429. The Morgan fingerprint density at radius 1 is 0.682 bits per heavy atom. The number of hydrogen-bond acceptors (Lipinski definition) is 1. The van der Waals surface area contributed by atoms with Crippen molar-refractivity contribution in [3.63, 3.8) is 0 Å². The Morgan fingerprint density at radius 3 is 1.45 bits per heavy atom. The highest BCUT2D eigenvalue weighted by Crippen LogP contribution is 2.29. The summed E-state index contributed by atoms with van der Waals surface area (Å²) in [7, 11) is 0. The zero-order valence-corrected chi connectivity index (χ0v) is 14.0. The number of benzene rings is 2. The number of rotatable bonds is 9. The second-order valence-electron chi connectivity index (χ2n) is 5.97. The Bertz CT molecular complexity index is 458. The molecule has 0 radical (unpaired) electrons. The van der Waals surface area contributed by atoms with Gasteiger partial charge in [-0.2, -0.15) is 0 Å². The average Bonchev–Trinajstić information content (AvgIpc) is 2.59. The van der Waals surface area contributed by atoms with Gasteiger partial charge in [-0.1, -0.05) is 87.4 Å². The lowest BCUT2D eigenvalue weighted by Gasteiger charge is -2.32. The molecule has 22 heavy (non-hydrogen) atoms. The first-order chi connectivity index (χ1) is 10.9. The smallest absolute Gasteiger partial charge is 0.0601 e. The highest BCUT2D eigenvalue weighted by Gasteiger charge is 2.21. The molecule has 2 rings (SSSR count). The van der Waals surface area contributed by atoms with Crippen molar-refractivity contribution in [3.05, 3.63) is 71.8 Å². The van der Waals surface area contributed by atoms with Gasteiger partial charge in [-0.3, -0.25) is 4.90 Å². The molecular formula is C21H29N. The summed E-state index contributed by atoms with van der Waals surface area (Å²) in [5.74, 6) is 0. The summed E-state index contributed by atoms with van der Waals surface area (Å²) >= 11 is 0. The predicted molar refractivity (Wildman–Crippen MR) is 96.1 cm³/mol. The second-order valence-corrected chi connectivity index (χ2v) is 5.97. The summed E-state index contributed by atoms with van der Waals surface area (Å²) in [6.45, 7) is 6.89. The van der Waals surface area contributed by atoms with Crippen LogP contribution in [0.5, 0.6) is 0 Å². The van der Waals surface area contributed by atoms with Gasteiger partial charge in [-0.05, 0) is 37.1 Å². The van der Waals surface area contributed by atoms with E-state index in [0.29, 0.717) is 6.04 Å². The van der Waals surface area contributed by atoms with Crippen molar-refractivity contribution in [2.75, 3.05) is 13.1 Å². The van der Waals surface area contributed by atoms with Crippen LogP contribution in [0.15, 0.2) is 60.7 Å². The predicted octanol–water partition coefficient (Wildman–Crippen LogP) is 5.68. The molecule has 0 unspecified atom stereocenters. The molecule has 0 bridgehead atoms. The van der Waals surface area contributed by atoms with Crippen LogP contribution in [0.1, 0.15) is 56.7 Å². The van der Waals surface area contributed by atoms with Crippen molar-refractivity contribution in [2.24, 2.45) is 0 Å². The fourth-order valence-electron chi connectivity index (χ4n) is 2.98. The van der Waals surface area contributed by atoms with Gasteiger partial charge in [0.25, 0.3) is 0 Å². The summed E-state index contributed by atoms with van der Waals surface area (Å²) in [6, 6.07) is 22.3. The Labute approximate surface area is 136 Å². The maximum atomic E-state index is 2.66. The van der Waals surface area contributed by atoms with E-state index in [9.17, 15) is 0 Å². The molecule has 0 fully saturated rings. The van der Waals surface area contributed by atoms with Gasteiger partial charge in [0.15, 0.2) is 0 Å². The third-order valence-corrected chi connectivity index (χ3v) is 4.19. The van der Waals surface area contributed by atoms with Crippen molar-refractivity contribution in [1.82, 2.24) is 4.90 Å². The lowest BCUT2D eigenvalue weighted by Crippen LogP contribution is -2.31. The van der Waals surface area contributed by atoms with Crippen LogP contribution in [-0.4, -0.2) is 18.0 Å². The first-order valence-electron chi connectivity index (χ1n) is 8.70. The minimum absolute atomic E-state index is 0.375.